The maximum absolute atomic E-state index is 11.6. The van der Waals surface area contributed by atoms with Gasteiger partial charge in [0, 0.05) is 19.7 Å². The zero-order valence-electron chi connectivity index (χ0n) is 10.9. The van der Waals surface area contributed by atoms with E-state index in [4.69, 9.17) is 9.84 Å². The second-order valence-electron chi connectivity index (χ2n) is 4.79. The van der Waals surface area contributed by atoms with Gasteiger partial charge in [0.05, 0.1) is 12.5 Å². The lowest BCUT2D eigenvalue weighted by Gasteiger charge is -2.31. The van der Waals surface area contributed by atoms with Crippen LogP contribution in [0.15, 0.2) is 0 Å². The van der Waals surface area contributed by atoms with Crippen molar-refractivity contribution >= 4 is 12.0 Å². The monoisotopic (exact) mass is 258 g/mol. The summed E-state index contributed by atoms with van der Waals surface area (Å²) < 4.78 is 4.97. The predicted molar refractivity (Wildman–Crippen MR) is 66.4 cm³/mol. The molecule has 1 rings (SSSR count). The minimum absolute atomic E-state index is 0.116. The maximum Gasteiger partial charge on any atom is 0.315 e. The third-order valence-corrected chi connectivity index (χ3v) is 3.44. The van der Waals surface area contributed by atoms with Gasteiger partial charge < -0.3 is 20.5 Å². The van der Waals surface area contributed by atoms with Crippen molar-refractivity contribution in [3.63, 3.8) is 0 Å². The molecule has 0 spiro atoms. The highest BCUT2D eigenvalue weighted by Crippen LogP contribution is 2.29. The van der Waals surface area contributed by atoms with Gasteiger partial charge in [0.25, 0.3) is 0 Å². The number of carbonyl (C=O) groups excluding carboxylic acids is 1. The van der Waals surface area contributed by atoms with Crippen molar-refractivity contribution in [3.05, 3.63) is 0 Å². The summed E-state index contributed by atoms with van der Waals surface area (Å²) in [5, 5.41) is 14.1. The summed E-state index contributed by atoms with van der Waals surface area (Å²) in [4.78, 5) is 22.1. The molecule has 0 saturated heterocycles. The summed E-state index contributed by atoms with van der Waals surface area (Å²) in [5.74, 6) is -0.361. The molecule has 6 heteroatoms. The normalized spacial score (nSPS) is 18.6. The number of aliphatic carboxylic acids is 1. The van der Waals surface area contributed by atoms with E-state index in [9.17, 15) is 9.59 Å². The number of urea groups is 1. The van der Waals surface area contributed by atoms with Crippen LogP contribution in [0.3, 0.4) is 0 Å². The lowest BCUT2D eigenvalue weighted by molar-refractivity contribution is -0.139. The summed E-state index contributed by atoms with van der Waals surface area (Å²) >= 11 is 0. The van der Waals surface area contributed by atoms with Crippen molar-refractivity contribution in [2.24, 2.45) is 5.92 Å². The number of carboxylic acid groups (broad SMARTS) is 1. The average Bonchev–Trinajstić information content (AvgIpc) is 2.20. The first-order chi connectivity index (χ1) is 8.52. The fourth-order valence-electron chi connectivity index (χ4n) is 1.96. The lowest BCUT2D eigenvalue weighted by Crippen LogP contribution is -2.47. The highest BCUT2D eigenvalue weighted by molar-refractivity contribution is 5.74. The molecule has 2 atom stereocenters. The van der Waals surface area contributed by atoms with Crippen molar-refractivity contribution in [1.82, 2.24) is 10.6 Å². The second kappa shape index (κ2) is 7.20. The van der Waals surface area contributed by atoms with E-state index in [1.165, 1.54) is 26.4 Å². The van der Waals surface area contributed by atoms with E-state index >= 15 is 0 Å². The van der Waals surface area contributed by atoms with Gasteiger partial charge in [-0.25, -0.2) is 4.79 Å². The van der Waals surface area contributed by atoms with Crippen LogP contribution in [-0.4, -0.2) is 42.9 Å². The molecule has 1 fully saturated rings. The Balaban J connectivity index is 2.20. The van der Waals surface area contributed by atoms with Crippen molar-refractivity contribution in [1.29, 1.82) is 0 Å². The SMILES string of the molecule is COC(CNC(=O)NC(C)C1CCC1)CC(=O)O. The minimum Gasteiger partial charge on any atom is -0.481 e. The Hall–Kier alpha value is -1.30. The van der Waals surface area contributed by atoms with Crippen LogP contribution in [0.2, 0.25) is 0 Å². The van der Waals surface area contributed by atoms with Gasteiger partial charge in [-0.3, -0.25) is 4.79 Å². The van der Waals surface area contributed by atoms with Gasteiger partial charge in [-0.1, -0.05) is 6.42 Å². The summed E-state index contributed by atoms with van der Waals surface area (Å²) in [6.45, 7) is 2.19. The number of ether oxygens (including phenoxy) is 1. The summed E-state index contributed by atoms with van der Waals surface area (Å²) in [6, 6.07) is -0.0962. The molecule has 0 radical (unpaired) electrons. The molecule has 0 heterocycles. The first-order valence-corrected chi connectivity index (χ1v) is 6.32. The molecule has 18 heavy (non-hydrogen) atoms. The molecular weight excluding hydrogens is 236 g/mol. The number of methoxy groups -OCH3 is 1. The largest absolute Gasteiger partial charge is 0.481 e. The van der Waals surface area contributed by atoms with Crippen molar-refractivity contribution < 1.29 is 19.4 Å². The topological polar surface area (TPSA) is 87.7 Å². The van der Waals surface area contributed by atoms with Crippen molar-refractivity contribution in [2.45, 2.75) is 44.8 Å². The van der Waals surface area contributed by atoms with Gasteiger partial charge in [0.1, 0.15) is 0 Å². The van der Waals surface area contributed by atoms with Gasteiger partial charge in [0.15, 0.2) is 0 Å². The van der Waals surface area contributed by atoms with Crippen molar-refractivity contribution in [3.8, 4) is 0 Å². The van der Waals surface area contributed by atoms with Crippen LogP contribution < -0.4 is 10.6 Å². The van der Waals surface area contributed by atoms with E-state index in [1.54, 1.807) is 0 Å². The number of carbonyl (C=O) groups is 2. The van der Waals surface area contributed by atoms with Crippen LogP contribution >= 0.6 is 0 Å². The number of nitrogens with one attached hydrogen (secondary N) is 2. The molecular formula is C12H22N2O4. The van der Waals surface area contributed by atoms with Crippen LogP contribution in [-0.2, 0) is 9.53 Å². The Kier molecular flexibility index (Phi) is 5.91. The van der Waals surface area contributed by atoms with E-state index < -0.39 is 12.1 Å². The van der Waals surface area contributed by atoms with E-state index in [0.717, 1.165) is 0 Å². The standard InChI is InChI=1S/C12H22N2O4/c1-8(9-4-3-5-9)14-12(17)13-7-10(18-2)6-11(15)16/h8-10H,3-7H2,1-2H3,(H,15,16)(H2,13,14,17). The molecule has 104 valence electrons. The molecule has 0 aromatic heterocycles. The summed E-state index contributed by atoms with van der Waals surface area (Å²) in [6.07, 6.45) is 2.96. The molecule has 0 bridgehead atoms. The average molecular weight is 258 g/mol. The molecule has 2 amide bonds. The molecule has 6 nitrogen and oxygen atoms in total. The molecule has 2 unspecified atom stereocenters. The first-order valence-electron chi connectivity index (χ1n) is 6.32. The van der Waals surface area contributed by atoms with Crippen LogP contribution in [0.5, 0.6) is 0 Å². The quantitative estimate of drug-likeness (QED) is 0.635. The Morgan fingerprint density at radius 2 is 2.11 bits per heavy atom. The zero-order chi connectivity index (χ0) is 13.5. The minimum atomic E-state index is -0.938. The number of carboxylic acids is 1. The Morgan fingerprint density at radius 3 is 2.56 bits per heavy atom. The molecule has 3 N–H and O–H groups in total. The fraction of sp³-hybridized carbons (Fsp3) is 0.833. The van der Waals surface area contributed by atoms with Gasteiger partial charge in [-0.05, 0) is 25.7 Å². The van der Waals surface area contributed by atoms with E-state index in [0.29, 0.717) is 5.92 Å². The van der Waals surface area contributed by atoms with Crippen LogP contribution in [0, 0.1) is 5.92 Å². The molecule has 1 aliphatic rings. The summed E-state index contributed by atoms with van der Waals surface area (Å²) in [5.41, 5.74) is 0. The fourth-order valence-corrected chi connectivity index (χ4v) is 1.96. The highest BCUT2D eigenvalue weighted by atomic mass is 16.5. The van der Waals surface area contributed by atoms with E-state index in [2.05, 4.69) is 10.6 Å². The van der Waals surface area contributed by atoms with Gasteiger partial charge in [-0.15, -0.1) is 0 Å². The molecule has 0 aromatic carbocycles. The van der Waals surface area contributed by atoms with Crippen molar-refractivity contribution in [2.75, 3.05) is 13.7 Å². The van der Waals surface area contributed by atoms with Crippen LogP contribution in [0.4, 0.5) is 4.79 Å². The number of hydrogen-bond donors (Lipinski definition) is 3. The van der Waals surface area contributed by atoms with Gasteiger partial charge >= 0.3 is 12.0 Å². The van der Waals surface area contributed by atoms with Crippen LogP contribution in [0.25, 0.3) is 0 Å². The molecule has 1 saturated carbocycles. The van der Waals surface area contributed by atoms with E-state index in [-0.39, 0.29) is 25.0 Å². The third-order valence-electron chi connectivity index (χ3n) is 3.44. The Morgan fingerprint density at radius 1 is 1.44 bits per heavy atom. The van der Waals surface area contributed by atoms with Crippen LogP contribution in [0.1, 0.15) is 32.6 Å². The smallest absolute Gasteiger partial charge is 0.315 e. The van der Waals surface area contributed by atoms with E-state index in [1.807, 2.05) is 6.92 Å². The number of amides is 2. The highest BCUT2D eigenvalue weighted by Gasteiger charge is 2.25. The number of rotatable bonds is 7. The van der Waals surface area contributed by atoms with Gasteiger partial charge in [0.2, 0.25) is 0 Å². The Labute approximate surface area is 107 Å². The predicted octanol–water partition coefficient (Wildman–Crippen LogP) is 0.964. The molecule has 0 aliphatic heterocycles. The summed E-state index contributed by atoms with van der Waals surface area (Å²) in [7, 11) is 1.43. The van der Waals surface area contributed by atoms with Gasteiger partial charge in [-0.2, -0.15) is 0 Å². The molecule has 0 aromatic rings. The number of hydrogen-bond acceptors (Lipinski definition) is 3. The zero-order valence-corrected chi connectivity index (χ0v) is 10.9. The maximum atomic E-state index is 11.6. The second-order valence-corrected chi connectivity index (χ2v) is 4.79. The lowest BCUT2D eigenvalue weighted by atomic mass is 9.80. The Bertz CT molecular complexity index is 292. The first kappa shape index (κ1) is 14.8. The molecule has 1 aliphatic carbocycles. The third kappa shape index (κ3) is 4.91.